The van der Waals surface area contributed by atoms with Crippen LogP contribution in [0.25, 0.3) is 0 Å². The van der Waals surface area contributed by atoms with Crippen LogP contribution >= 0.6 is 0 Å². The van der Waals surface area contributed by atoms with Crippen molar-refractivity contribution in [1.82, 2.24) is 5.32 Å². The molecule has 10 nitrogen and oxygen atoms in total. The van der Waals surface area contributed by atoms with Crippen molar-refractivity contribution in [2.75, 3.05) is 6.61 Å². The number of hydrogen-bond acceptors (Lipinski definition) is 9. The van der Waals surface area contributed by atoms with Crippen LogP contribution in [0.15, 0.2) is 18.2 Å². The Morgan fingerprint density at radius 1 is 0.865 bits per heavy atom. The summed E-state index contributed by atoms with van der Waals surface area (Å²) in [6, 6.07) is 3.96. The van der Waals surface area contributed by atoms with Gasteiger partial charge in [-0.25, -0.2) is 9.59 Å². The van der Waals surface area contributed by atoms with Gasteiger partial charge in [-0.05, 0) is 50.3 Å². The van der Waals surface area contributed by atoms with E-state index < -0.39 is 41.6 Å². The number of carboxylic acid groups (broad SMARTS) is 1. The average molecular weight is 524 g/mol. The van der Waals surface area contributed by atoms with Crippen molar-refractivity contribution in [1.29, 1.82) is 0 Å². The Morgan fingerprint density at radius 2 is 1.38 bits per heavy atom. The minimum atomic E-state index is -2.17. The van der Waals surface area contributed by atoms with E-state index in [4.69, 9.17) is 18.9 Å². The van der Waals surface area contributed by atoms with E-state index in [1.54, 1.807) is 34.6 Å². The topological polar surface area (TPSA) is 137 Å². The number of rotatable bonds is 13. The second kappa shape index (κ2) is 14.0. The van der Waals surface area contributed by atoms with Crippen LogP contribution in [0.3, 0.4) is 0 Å². The van der Waals surface area contributed by atoms with Crippen molar-refractivity contribution in [3.05, 3.63) is 23.8 Å². The van der Waals surface area contributed by atoms with Crippen molar-refractivity contribution in [3.8, 4) is 11.5 Å². The van der Waals surface area contributed by atoms with Gasteiger partial charge in [0, 0.05) is 12.5 Å². The summed E-state index contributed by atoms with van der Waals surface area (Å²) in [6.45, 7) is 15.9. The summed E-state index contributed by atoms with van der Waals surface area (Å²) in [5, 5.41) is 12.8. The molecule has 208 valence electrons. The fourth-order valence-electron chi connectivity index (χ4n) is 3.11. The molecule has 1 rings (SSSR count). The molecule has 0 bridgehead atoms. The van der Waals surface area contributed by atoms with Gasteiger partial charge in [0.15, 0.2) is 11.5 Å². The van der Waals surface area contributed by atoms with E-state index in [0.29, 0.717) is 5.56 Å². The highest BCUT2D eigenvalue weighted by Gasteiger charge is 2.44. The van der Waals surface area contributed by atoms with E-state index in [0.717, 1.165) is 0 Å². The Balaban J connectivity index is 3.50. The van der Waals surface area contributed by atoms with Gasteiger partial charge in [0.1, 0.15) is 0 Å². The third kappa shape index (κ3) is 9.35. The molecule has 3 atom stereocenters. The zero-order valence-electron chi connectivity index (χ0n) is 23.2. The molecule has 10 heteroatoms. The van der Waals surface area contributed by atoms with Crippen LogP contribution in [-0.4, -0.2) is 47.5 Å². The molecule has 0 heterocycles. The second-order valence-corrected chi connectivity index (χ2v) is 10.1. The number of hydrogen-bond donors (Lipinski definition) is 2. The minimum absolute atomic E-state index is 0.000783. The van der Waals surface area contributed by atoms with Crippen molar-refractivity contribution in [3.63, 3.8) is 0 Å². The van der Waals surface area contributed by atoms with Crippen LogP contribution in [-0.2, 0) is 30.3 Å². The molecule has 0 saturated heterocycles. The summed E-state index contributed by atoms with van der Waals surface area (Å²) >= 11 is 0. The molecule has 0 aliphatic rings. The van der Waals surface area contributed by atoms with Gasteiger partial charge in [0.05, 0.1) is 18.4 Å². The van der Waals surface area contributed by atoms with Gasteiger partial charge in [-0.2, -0.15) is 0 Å². The molecule has 37 heavy (non-hydrogen) atoms. The maximum absolute atomic E-state index is 12.7. The van der Waals surface area contributed by atoms with Crippen LogP contribution in [0.2, 0.25) is 0 Å². The molecule has 0 aliphatic carbocycles. The molecule has 0 amide bonds. The minimum Gasteiger partial charge on any atom is -0.477 e. The highest BCUT2D eigenvalue weighted by molar-refractivity contribution is 5.81. The first kappa shape index (κ1) is 31.9. The van der Waals surface area contributed by atoms with Crippen LogP contribution in [0.5, 0.6) is 11.5 Å². The molecule has 1 aromatic rings. The number of aliphatic carboxylic acids is 1. The van der Waals surface area contributed by atoms with Gasteiger partial charge in [0.25, 0.3) is 5.72 Å². The summed E-state index contributed by atoms with van der Waals surface area (Å²) in [5.41, 5.74) is -1.83. The molecule has 1 aromatic carbocycles. The molecule has 0 radical (unpaired) electrons. The van der Waals surface area contributed by atoms with Crippen molar-refractivity contribution >= 4 is 24.1 Å². The van der Waals surface area contributed by atoms with E-state index in [1.165, 1.54) is 18.2 Å². The fourth-order valence-corrected chi connectivity index (χ4v) is 3.11. The first-order chi connectivity index (χ1) is 17.1. The highest BCUT2D eigenvalue weighted by atomic mass is 16.7. The molecule has 0 fully saturated rings. The standard InChI is InChI=1S/C27H41NO9/c1-10-34-26(33)37-27(25(31)32,28-17(6)7)14-20-11-12-21(35-23(29)18(8)15(2)3)22(13-20)36-24(30)19(9)16(4)5/h11-13,15-19,28H,10,14H2,1-9H3,(H,31,32)/t18?,19?,27-/m0/s1. The first-order valence-corrected chi connectivity index (χ1v) is 12.6. The van der Waals surface area contributed by atoms with Crippen LogP contribution in [0, 0.1) is 23.7 Å². The van der Waals surface area contributed by atoms with Gasteiger partial charge in [-0.1, -0.05) is 47.6 Å². The van der Waals surface area contributed by atoms with Crippen molar-refractivity contribution in [2.24, 2.45) is 23.7 Å². The lowest BCUT2D eigenvalue weighted by molar-refractivity contribution is -0.166. The van der Waals surface area contributed by atoms with E-state index in [2.05, 4.69) is 5.32 Å². The number of carboxylic acids is 1. The first-order valence-electron chi connectivity index (χ1n) is 12.6. The van der Waals surface area contributed by atoms with Crippen molar-refractivity contribution < 1.29 is 43.2 Å². The Kier molecular flexibility index (Phi) is 12.0. The number of carbonyl (C=O) groups is 4. The Hall–Kier alpha value is -3.14. The molecular formula is C27H41NO9. The monoisotopic (exact) mass is 523 g/mol. The summed E-state index contributed by atoms with van der Waals surface area (Å²) in [5.74, 6) is -3.33. The Bertz CT molecular complexity index is 957. The summed E-state index contributed by atoms with van der Waals surface area (Å²) in [7, 11) is 0. The van der Waals surface area contributed by atoms with Gasteiger partial charge >= 0.3 is 24.1 Å². The summed E-state index contributed by atoms with van der Waals surface area (Å²) in [6.07, 6.45) is -1.48. The van der Waals surface area contributed by atoms with Crippen LogP contribution < -0.4 is 14.8 Å². The molecule has 2 N–H and O–H groups in total. The Labute approximate surface area is 219 Å². The normalized spacial score (nSPS) is 14.6. The predicted molar refractivity (Wildman–Crippen MR) is 136 cm³/mol. The smallest absolute Gasteiger partial charge is 0.477 e. The van der Waals surface area contributed by atoms with E-state index in [1.807, 2.05) is 27.7 Å². The molecule has 2 unspecified atom stereocenters. The molecule has 0 aliphatic heterocycles. The molecule has 0 spiro atoms. The molecule has 0 saturated carbocycles. The van der Waals surface area contributed by atoms with Crippen molar-refractivity contribution in [2.45, 2.75) is 80.5 Å². The number of esters is 2. The van der Waals surface area contributed by atoms with Gasteiger partial charge < -0.3 is 24.1 Å². The number of ether oxygens (including phenoxy) is 4. The maximum Gasteiger partial charge on any atom is 0.510 e. The molecular weight excluding hydrogens is 482 g/mol. The lowest BCUT2D eigenvalue weighted by Crippen LogP contribution is -2.59. The zero-order chi connectivity index (χ0) is 28.5. The predicted octanol–water partition coefficient (Wildman–Crippen LogP) is 4.58. The SMILES string of the molecule is CCOC(=O)O[C@](Cc1ccc(OC(=O)C(C)C(C)C)c(OC(=O)C(C)C(C)C)c1)(NC(C)C)C(=O)O. The maximum atomic E-state index is 12.7. The lowest BCUT2D eigenvalue weighted by atomic mass is 9.98. The van der Waals surface area contributed by atoms with Gasteiger partial charge in [0.2, 0.25) is 0 Å². The highest BCUT2D eigenvalue weighted by Crippen LogP contribution is 2.33. The zero-order valence-corrected chi connectivity index (χ0v) is 23.2. The van der Waals surface area contributed by atoms with Gasteiger partial charge in [-0.15, -0.1) is 0 Å². The third-order valence-corrected chi connectivity index (χ3v) is 6.01. The van der Waals surface area contributed by atoms with Crippen LogP contribution in [0.4, 0.5) is 4.79 Å². The number of nitrogens with one attached hydrogen (secondary N) is 1. The van der Waals surface area contributed by atoms with Crippen LogP contribution in [0.1, 0.15) is 67.9 Å². The number of benzene rings is 1. The quantitative estimate of drug-likeness (QED) is 0.215. The second-order valence-electron chi connectivity index (χ2n) is 10.1. The largest absolute Gasteiger partial charge is 0.510 e. The Morgan fingerprint density at radius 3 is 1.81 bits per heavy atom. The number of carbonyl (C=O) groups excluding carboxylic acids is 3. The van der Waals surface area contributed by atoms with E-state index in [-0.39, 0.29) is 42.4 Å². The average Bonchev–Trinajstić information content (AvgIpc) is 2.78. The third-order valence-electron chi connectivity index (χ3n) is 6.01. The fraction of sp³-hybridized carbons (Fsp3) is 0.630. The lowest BCUT2D eigenvalue weighted by Gasteiger charge is -2.31. The molecule has 0 aromatic heterocycles. The van der Waals surface area contributed by atoms with E-state index >= 15 is 0 Å². The summed E-state index contributed by atoms with van der Waals surface area (Å²) in [4.78, 5) is 49.8. The van der Waals surface area contributed by atoms with E-state index in [9.17, 15) is 24.3 Å². The van der Waals surface area contributed by atoms with Gasteiger partial charge in [-0.3, -0.25) is 14.9 Å². The summed E-state index contributed by atoms with van der Waals surface area (Å²) < 4.78 is 21.2.